The smallest absolute Gasteiger partial charge is 0.283 e. The summed E-state index contributed by atoms with van der Waals surface area (Å²) in [6, 6.07) is 3.73. The molecule has 1 atom stereocenters. The summed E-state index contributed by atoms with van der Waals surface area (Å²) in [5, 5.41) is 13.2. The third kappa shape index (κ3) is 4.15. The predicted molar refractivity (Wildman–Crippen MR) is 81.7 cm³/mol. The SMILES string of the molecule is CC(CN)N(C)C(=O)CNC(=O)c1c(Cl)cccc1[N+](=O)[O-]. The standard InChI is InChI=1S/C13H17ClN4O4/c1-8(6-15)17(2)11(19)7-16-13(20)12-9(14)4-3-5-10(12)18(21)22/h3-5,8H,6-7,15H2,1-2H3,(H,16,20). The van der Waals surface area contributed by atoms with Gasteiger partial charge in [0.1, 0.15) is 5.56 Å². The van der Waals surface area contributed by atoms with Gasteiger partial charge in [-0.3, -0.25) is 19.7 Å². The van der Waals surface area contributed by atoms with Gasteiger partial charge in [0.2, 0.25) is 5.91 Å². The van der Waals surface area contributed by atoms with E-state index in [1.165, 1.54) is 23.1 Å². The first-order chi connectivity index (χ1) is 10.3. The Bertz CT molecular complexity index is 593. The van der Waals surface area contributed by atoms with Crippen LogP contribution in [0.15, 0.2) is 18.2 Å². The summed E-state index contributed by atoms with van der Waals surface area (Å²) in [5.74, 6) is -1.14. The number of rotatable bonds is 6. The van der Waals surface area contributed by atoms with E-state index >= 15 is 0 Å². The number of nitrogens with two attached hydrogens (primary N) is 1. The van der Waals surface area contributed by atoms with Crippen molar-refractivity contribution in [2.24, 2.45) is 5.73 Å². The normalized spacial score (nSPS) is 11.6. The van der Waals surface area contributed by atoms with Crippen molar-refractivity contribution in [1.29, 1.82) is 0 Å². The molecule has 2 amide bonds. The molecule has 1 aromatic rings. The van der Waals surface area contributed by atoms with E-state index in [1.807, 2.05) is 0 Å². The van der Waals surface area contributed by atoms with E-state index in [9.17, 15) is 19.7 Å². The fraction of sp³-hybridized carbons (Fsp3) is 0.385. The van der Waals surface area contributed by atoms with Gasteiger partial charge < -0.3 is 16.0 Å². The molecule has 0 aliphatic rings. The molecule has 0 fully saturated rings. The van der Waals surface area contributed by atoms with E-state index in [0.29, 0.717) is 0 Å². The van der Waals surface area contributed by atoms with Gasteiger partial charge in [-0.05, 0) is 13.0 Å². The fourth-order valence-electron chi connectivity index (χ4n) is 1.66. The second-order valence-corrected chi connectivity index (χ2v) is 5.07. The first kappa shape index (κ1) is 17.9. The molecule has 1 unspecified atom stereocenters. The van der Waals surface area contributed by atoms with E-state index in [4.69, 9.17) is 17.3 Å². The summed E-state index contributed by atoms with van der Waals surface area (Å²) < 4.78 is 0. The monoisotopic (exact) mass is 328 g/mol. The number of hydrogen-bond donors (Lipinski definition) is 2. The second-order valence-electron chi connectivity index (χ2n) is 4.66. The van der Waals surface area contributed by atoms with Crippen LogP contribution in [0.3, 0.4) is 0 Å². The molecule has 0 bridgehead atoms. The van der Waals surface area contributed by atoms with Crippen LogP contribution >= 0.6 is 11.6 Å². The number of carbonyl (C=O) groups excluding carboxylic acids is 2. The minimum Gasteiger partial charge on any atom is -0.343 e. The lowest BCUT2D eigenvalue weighted by molar-refractivity contribution is -0.385. The van der Waals surface area contributed by atoms with Crippen LogP contribution in [0.4, 0.5) is 5.69 Å². The van der Waals surface area contributed by atoms with Crippen molar-refractivity contribution in [2.75, 3.05) is 20.1 Å². The van der Waals surface area contributed by atoms with Gasteiger partial charge >= 0.3 is 0 Å². The van der Waals surface area contributed by atoms with Crippen molar-refractivity contribution < 1.29 is 14.5 Å². The zero-order valence-electron chi connectivity index (χ0n) is 12.2. The van der Waals surface area contributed by atoms with Crippen molar-refractivity contribution in [3.05, 3.63) is 38.9 Å². The number of hydrogen-bond acceptors (Lipinski definition) is 5. The minimum atomic E-state index is -0.778. The molecule has 22 heavy (non-hydrogen) atoms. The van der Waals surface area contributed by atoms with E-state index in [2.05, 4.69) is 5.32 Å². The lowest BCUT2D eigenvalue weighted by atomic mass is 10.1. The van der Waals surface area contributed by atoms with Gasteiger partial charge in [0.15, 0.2) is 0 Å². The van der Waals surface area contributed by atoms with Gasteiger partial charge in [0.25, 0.3) is 11.6 Å². The fourth-order valence-corrected chi connectivity index (χ4v) is 1.92. The molecule has 0 heterocycles. The highest BCUT2D eigenvalue weighted by molar-refractivity contribution is 6.34. The molecule has 120 valence electrons. The Kier molecular flexibility index (Phi) is 6.26. The van der Waals surface area contributed by atoms with E-state index < -0.39 is 16.5 Å². The summed E-state index contributed by atoms with van der Waals surface area (Å²) in [6.07, 6.45) is 0. The third-order valence-electron chi connectivity index (χ3n) is 3.21. The highest BCUT2D eigenvalue weighted by Gasteiger charge is 2.24. The van der Waals surface area contributed by atoms with Crippen molar-refractivity contribution >= 4 is 29.1 Å². The lowest BCUT2D eigenvalue weighted by Crippen LogP contribution is -2.44. The summed E-state index contributed by atoms with van der Waals surface area (Å²) in [7, 11) is 1.56. The highest BCUT2D eigenvalue weighted by Crippen LogP contribution is 2.25. The van der Waals surface area contributed by atoms with E-state index in [1.54, 1.807) is 14.0 Å². The Morgan fingerprint density at radius 2 is 2.14 bits per heavy atom. The molecule has 0 radical (unpaired) electrons. The van der Waals surface area contributed by atoms with Crippen LogP contribution < -0.4 is 11.1 Å². The minimum absolute atomic E-state index is 0.0529. The van der Waals surface area contributed by atoms with Crippen LogP contribution in [-0.4, -0.2) is 47.8 Å². The molecule has 0 saturated carbocycles. The Morgan fingerprint density at radius 3 is 2.68 bits per heavy atom. The molecule has 1 rings (SSSR count). The lowest BCUT2D eigenvalue weighted by Gasteiger charge is -2.23. The number of carbonyl (C=O) groups is 2. The molecular weight excluding hydrogens is 312 g/mol. The van der Waals surface area contributed by atoms with Gasteiger partial charge in [0.05, 0.1) is 16.5 Å². The van der Waals surface area contributed by atoms with E-state index in [-0.39, 0.29) is 35.6 Å². The van der Waals surface area contributed by atoms with Crippen LogP contribution in [0, 0.1) is 10.1 Å². The maximum atomic E-state index is 12.1. The quantitative estimate of drug-likeness (QED) is 0.591. The molecule has 0 spiro atoms. The maximum absolute atomic E-state index is 12.1. The van der Waals surface area contributed by atoms with Crippen LogP contribution in [0.5, 0.6) is 0 Å². The molecule has 9 heteroatoms. The summed E-state index contributed by atoms with van der Waals surface area (Å²) in [5.41, 5.74) is 4.77. The Balaban J connectivity index is 2.83. The number of nitro benzene ring substituents is 1. The molecule has 0 aromatic heterocycles. The zero-order valence-corrected chi connectivity index (χ0v) is 13.0. The summed E-state index contributed by atoms with van der Waals surface area (Å²) in [6.45, 7) is 1.74. The average Bonchev–Trinajstić information content (AvgIpc) is 2.50. The van der Waals surface area contributed by atoms with Gasteiger partial charge in [-0.15, -0.1) is 0 Å². The highest BCUT2D eigenvalue weighted by atomic mass is 35.5. The van der Waals surface area contributed by atoms with E-state index in [0.717, 1.165) is 0 Å². The van der Waals surface area contributed by atoms with Gasteiger partial charge in [-0.1, -0.05) is 17.7 Å². The zero-order chi connectivity index (χ0) is 16.9. The van der Waals surface area contributed by atoms with Crippen LogP contribution in [0.1, 0.15) is 17.3 Å². The number of nitrogens with zero attached hydrogens (tertiary/aromatic N) is 2. The van der Waals surface area contributed by atoms with Gasteiger partial charge in [-0.2, -0.15) is 0 Å². The molecule has 8 nitrogen and oxygen atoms in total. The topological polar surface area (TPSA) is 119 Å². The number of nitro groups is 1. The number of likely N-dealkylation sites (N-methyl/N-ethyl adjacent to an activating group) is 1. The summed E-state index contributed by atoms with van der Waals surface area (Å²) >= 11 is 5.84. The van der Waals surface area contributed by atoms with Crippen LogP contribution in [-0.2, 0) is 4.79 Å². The first-order valence-electron chi connectivity index (χ1n) is 6.46. The van der Waals surface area contributed by atoms with Crippen molar-refractivity contribution in [1.82, 2.24) is 10.2 Å². The largest absolute Gasteiger partial charge is 0.343 e. The second kappa shape index (κ2) is 7.71. The van der Waals surface area contributed by atoms with Crippen LogP contribution in [0.2, 0.25) is 5.02 Å². The van der Waals surface area contributed by atoms with Gasteiger partial charge in [0, 0.05) is 25.7 Å². The average molecular weight is 329 g/mol. The van der Waals surface area contributed by atoms with Crippen LogP contribution in [0.25, 0.3) is 0 Å². The number of benzene rings is 1. The number of amides is 2. The predicted octanol–water partition coefficient (Wildman–Crippen LogP) is 0.784. The molecular formula is C13H17ClN4O4. The number of halogens is 1. The first-order valence-corrected chi connectivity index (χ1v) is 6.84. The molecule has 0 aliphatic carbocycles. The van der Waals surface area contributed by atoms with Crippen molar-refractivity contribution in [3.8, 4) is 0 Å². The maximum Gasteiger partial charge on any atom is 0.283 e. The molecule has 3 N–H and O–H groups in total. The Morgan fingerprint density at radius 1 is 1.50 bits per heavy atom. The summed E-state index contributed by atoms with van der Waals surface area (Å²) in [4.78, 5) is 35.6. The van der Waals surface area contributed by atoms with Crippen molar-refractivity contribution in [3.63, 3.8) is 0 Å². The Labute approximate surface area is 132 Å². The van der Waals surface area contributed by atoms with Crippen molar-refractivity contribution in [2.45, 2.75) is 13.0 Å². The molecule has 0 saturated heterocycles. The molecule has 1 aromatic carbocycles. The Hall–Kier alpha value is -2.19. The third-order valence-corrected chi connectivity index (χ3v) is 3.53. The molecule has 0 aliphatic heterocycles. The van der Waals surface area contributed by atoms with Gasteiger partial charge in [-0.25, -0.2) is 0 Å². The number of nitrogens with one attached hydrogen (secondary N) is 1.